The smallest absolute Gasteiger partial charge is 0.0237 e. The Hall–Kier alpha value is -0.570. The second-order valence-electron chi connectivity index (χ2n) is 4.51. The van der Waals surface area contributed by atoms with Crippen molar-refractivity contribution in [1.82, 2.24) is 10.2 Å². The summed E-state index contributed by atoms with van der Waals surface area (Å²) in [4.78, 5) is 2.54. The molecule has 0 amide bonds. The number of nitrogens with zero attached hydrogens (tertiary/aromatic N) is 1. The lowest BCUT2D eigenvalue weighted by molar-refractivity contribution is 0.165. The third-order valence-electron chi connectivity index (χ3n) is 3.15. The second kappa shape index (κ2) is 6.24. The van der Waals surface area contributed by atoms with E-state index in [4.69, 9.17) is 0 Å². The number of hydrogen-bond donors (Lipinski definition) is 1. The average molecular weight is 241 g/mol. The molecule has 0 aliphatic carbocycles. The topological polar surface area (TPSA) is 15.3 Å². The molecule has 1 aromatic rings. The first-order valence-corrected chi connectivity index (χ1v) is 5.76. The first-order valence-electron chi connectivity index (χ1n) is 5.76. The van der Waals surface area contributed by atoms with Crippen molar-refractivity contribution in [1.29, 1.82) is 0 Å². The molecule has 1 saturated heterocycles. The Kier molecular flexibility index (Phi) is 5.26. The van der Waals surface area contributed by atoms with E-state index < -0.39 is 0 Å². The number of benzene rings is 1. The Bertz CT molecular complexity index is 310. The van der Waals surface area contributed by atoms with Gasteiger partial charge in [-0.3, -0.25) is 4.90 Å². The predicted octanol–water partition coefficient (Wildman–Crippen LogP) is 2.21. The maximum atomic E-state index is 3.42. The molecule has 0 aromatic heterocycles. The SMILES string of the molecule is Cc1ccc(CN2CCNC[C@H]2C)cc1.Cl. The lowest BCUT2D eigenvalue weighted by Crippen LogP contribution is -2.49. The number of hydrogen-bond acceptors (Lipinski definition) is 2. The summed E-state index contributed by atoms with van der Waals surface area (Å²) >= 11 is 0. The van der Waals surface area contributed by atoms with Crippen LogP contribution < -0.4 is 5.32 Å². The van der Waals surface area contributed by atoms with E-state index in [1.807, 2.05) is 0 Å². The minimum atomic E-state index is 0. The van der Waals surface area contributed by atoms with Gasteiger partial charge >= 0.3 is 0 Å². The van der Waals surface area contributed by atoms with Gasteiger partial charge in [-0.2, -0.15) is 0 Å². The van der Waals surface area contributed by atoms with E-state index in [1.54, 1.807) is 0 Å². The van der Waals surface area contributed by atoms with Crippen LogP contribution in [0.4, 0.5) is 0 Å². The summed E-state index contributed by atoms with van der Waals surface area (Å²) in [5.74, 6) is 0. The number of nitrogens with one attached hydrogen (secondary N) is 1. The van der Waals surface area contributed by atoms with Gasteiger partial charge in [-0.1, -0.05) is 29.8 Å². The van der Waals surface area contributed by atoms with E-state index >= 15 is 0 Å². The molecule has 90 valence electrons. The monoisotopic (exact) mass is 240 g/mol. The summed E-state index contributed by atoms with van der Waals surface area (Å²) in [6.45, 7) is 8.91. The predicted molar refractivity (Wildman–Crippen MR) is 71.2 cm³/mol. The van der Waals surface area contributed by atoms with E-state index in [-0.39, 0.29) is 12.4 Å². The van der Waals surface area contributed by atoms with Crippen LogP contribution in [-0.4, -0.2) is 30.6 Å². The van der Waals surface area contributed by atoms with Gasteiger partial charge in [-0.25, -0.2) is 0 Å². The Balaban J connectivity index is 0.00000128. The van der Waals surface area contributed by atoms with Crippen molar-refractivity contribution >= 4 is 12.4 Å². The highest BCUT2D eigenvalue weighted by atomic mass is 35.5. The van der Waals surface area contributed by atoms with Crippen molar-refractivity contribution in [3.05, 3.63) is 35.4 Å². The molecular weight excluding hydrogens is 220 g/mol. The van der Waals surface area contributed by atoms with Crippen molar-refractivity contribution < 1.29 is 0 Å². The van der Waals surface area contributed by atoms with Crippen molar-refractivity contribution in [2.75, 3.05) is 19.6 Å². The standard InChI is InChI=1S/C13H20N2.ClH/c1-11-3-5-13(6-4-11)10-15-8-7-14-9-12(15)2;/h3-6,12,14H,7-10H2,1-2H3;1H/t12-;/m1./s1. The van der Waals surface area contributed by atoms with Crippen LogP contribution in [0.1, 0.15) is 18.1 Å². The van der Waals surface area contributed by atoms with Gasteiger partial charge in [-0.05, 0) is 19.4 Å². The fourth-order valence-corrected chi connectivity index (χ4v) is 2.05. The molecule has 0 radical (unpaired) electrons. The summed E-state index contributed by atoms with van der Waals surface area (Å²) in [6, 6.07) is 9.53. The zero-order valence-electron chi connectivity index (χ0n) is 10.1. The van der Waals surface area contributed by atoms with Gasteiger partial charge in [0.05, 0.1) is 0 Å². The maximum Gasteiger partial charge on any atom is 0.0237 e. The summed E-state index contributed by atoms with van der Waals surface area (Å²) in [5, 5.41) is 3.42. The van der Waals surface area contributed by atoms with E-state index in [0.29, 0.717) is 6.04 Å². The highest BCUT2D eigenvalue weighted by Gasteiger charge is 2.17. The van der Waals surface area contributed by atoms with Gasteiger partial charge in [0, 0.05) is 32.2 Å². The third kappa shape index (κ3) is 3.48. The van der Waals surface area contributed by atoms with Crippen LogP contribution in [0.2, 0.25) is 0 Å². The van der Waals surface area contributed by atoms with Gasteiger partial charge in [0.25, 0.3) is 0 Å². The molecule has 16 heavy (non-hydrogen) atoms. The van der Waals surface area contributed by atoms with Gasteiger partial charge < -0.3 is 5.32 Å². The molecular formula is C13H21ClN2. The molecule has 0 bridgehead atoms. The Morgan fingerprint density at radius 3 is 2.62 bits per heavy atom. The maximum absolute atomic E-state index is 3.42. The Labute approximate surface area is 104 Å². The van der Waals surface area contributed by atoms with Crippen LogP contribution in [0.15, 0.2) is 24.3 Å². The molecule has 2 rings (SSSR count). The van der Waals surface area contributed by atoms with Crippen molar-refractivity contribution in [2.24, 2.45) is 0 Å². The Morgan fingerprint density at radius 1 is 1.31 bits per heavy atom. The van der Waals surface area contributed by atoms with E-state index in [9.17, 15) is 0 Å². The highest BCUT2D eigenvalue weighted by molar-refractivity contribution is 5.85. The first-order chi connectivity index (χ1) is 7.25. The molecule has 1 atom stereocenters. The van der Waals surface area contributed by atoms with Crippen molar-refractivity contribution in [2.45, 2.75) is 26.4 Å². The van der Waals surface area contributed by atoms with Crippen LogP contribution >= 0.6 is 12.4 Å². The molecule has 1 fully saturated rings. The molecule has 1 aliphatic rings. The normalized spacial score (nSPS) is 21.5. The average Bonchev–Trinajstić information content (AvgIpc) is 2.25. The van der Waals surface area contributed by atoms with E-state index in [0.717, 1.165) is 26.2 Å². The number of halogens is 1. The summed E-state index contributed by atoms with van der Waals surface area (Å²) < 4.78 is 0. The van der Waals surface area contributed by atoms with Gasteiger partial charge in [-0.15, -0.1) is 12.4 Å². The molecule has 1 heterocycles. The first kappa shape index (κ1) is 13.5. The molecule has 1 N–H and O–H groups in total. The number of aryl methyl sites for hydroxylation is 1. The second-order valence-corrected chi connectivity index (χ2v) is 4.51. The zero-order chi connectivity index (χ0) is 10.7. The summed E-state index contributed by atoms with van der Waals surface area (Å²) in [5.41, 5.74) is 2.77. The molecule has 2 nitrogen and oxygen atoms in total. The lowest BCUT2D eigenvalue weighted by atomic mass is 10.1. The van der Waals surface area contributed by atoms with Crippen LogP contribution in [0.3, 0.4) is 0 Å². The number of rotatable bonds is 2. The van der Waals surface area contributed by atoms with E-state index in [2.05, 4.69) is 48.3 Å². The van der Waals surface area contributed by atoms with Crippen molar-refractivity contribution in [3.8, 4) is 0 Å². The van der Waals surface area contributed by atoms with Gasteiger partial charge in [0.15, 0.2) is 0 Å². The Morgan fingerprint density at radius 2 is 2.00 bits per heavy atom. The molecule has 0 spiro atoms. The van der Waals surface area contributed by atoms with Crippen LogP contribution in [-0.2, 0) is 6.54 Å². The summed E-state index contributed by atoms with van der Waals surface area (Å²) in [6.07, 6.45) is 0. The van der Waals surface area contributed by atoms with Crippen molar-refractivity contribution in [3.63, 3.8) is 0 Å². The quantitative estimate of drug-likeness (QED) is 0.853. The fraction of sp³-hybridized carbons (Fsp3) is 0.538. The lowest BCUT2D eigenvalue weighted by Gasteiger charge is -2.33. The van der Waals surface area contributed by atoms with E-state index in [1.165, 1.54) is 11.1 Å². The molecule has 3 heteroatoms. The van der Waals surface area contributed by atoms with Crippen LogP contribution in [0.5, 0.6) is 0 Å². The van der Waals surface area contributed by atoms with Crippen LogP contribution in [0, 0.1) is 6.92 Å². The molecule has 1 aromatic carbocycles. The fourth-order valence-electron chi connectivity index (χ4n) is 2.05. The highest BCUT2D eigenvalue weighted by Crippen LogP contribution is 2.10. The molecule has 0 unspecified atom stereocenters. The largest absolute Gasteiger partial charge is 0.314 e. The molecule has 1 aliphatic heterocycles. The minimum Gasteiger partial charge on any atom is -0.314 e. The summed E-state index contributed by atoms with van der Waals surface area (Å²) in [7, 11) is 0. The van der Waals surface area contributed by atoms with Gasteiger partial charge in [0.1, 0.15) is 0 Å². The zero-order valence-corrected chi connectivity index (χ0v) is 10.9. The minimum absolute atomic E-state index is 0. The molecule has 0 saturated carbocycles. The third-order valence-corrected chi connectivity index (χ3v) is 3.15. The van der Waals surface area contributed by atoms with Crippen LogP contribution in [0.25, 0.3) is 0 Å². The number of piperazine rings is 1. The van der Waals surface area contributed by atoms with Gasteiger partial charge in [0.2, 0.25) is 0 Å².